The van der Waals surface area contributed by atoms with Crippen LogP contribution in [0, 0.1) is 0 Å². The number of hydrogen-bond donors (Lipinski definition) is 1. The number of nitrogens with one attached hydrogen (secondary N) is 1. The molecule has 0 saturated carbocycles. The van der Waals surface area contributed by atoms with E-state index in [-0.39, 0.29) is 11.6 Å². The number of hydrogen-bond acceptors (Lipinski definition) is 3. The summed E-state index contributed by atoms with van der Waals surface area (Å²) >= 11 is 0. The molecule has 1 spiro atoms. The maximum absolute atomic E-state index is 10.8. The van der Waals surface area contributed by atoms with Gasteiger partial charge in [-0.1, -0.05) is 18.2 Å². The quantitative estimate of drug-likeness (QED) is 0.823. The van der Waals surface area contributed by atoms with Crippen LogP contribution in [-0.4, -0.2) is 37.0 Å². The van der Waals surface area contributed by atoms with Gasteiger partial charge in [-0.05, 0) is 26.0 Å². The molecule has 0 unspecified atom stereocenters. The molecule has 2 aliphatic rings. The molecule has 2 aliphatic heterocycles. The number of ether oxygens (including phenoxy) is 1. The van der Waals surface area contributed by atoms with Gasteiger partial charge in [0.1, 0.15) is 11.4 Å². The highest BCUT2D eigenvalue weighted by atomic mass is 16.5. The fourth-order valence-corrected chi connectivity index (χ4v) is 3.18. The highest BCUT2D eigenvalue weighted by Gasteiger charge is 2.42. The smallest absolute Gasteiger partial charge is 0.207 e. The number of likely N-dealkylation sites (tertiary alicyclic amines) is 1. The van der Waals surface area contributed by atoms with Gasteiger partial charge in [-0.15, -0.1) is 0 Å². The summed E-state index contributed by atoms with van der Waals surface area (Å²) in [6.45, 7) is 2.10. The van der Waals surface area contributed by atoms with Crippen LogP contribution < -0.4 is 10.1 Å². The van der Waals surface area contributed by atoms with Crippen molar-refractivity contribution in [3.63, 3.8) is 0 Å². The minimum atomic E-state index is -0.110. The van der Waals surface area contributed by atoms with Crippen molar-refractivity contribution in [2.75, 3.05) is 20.1 Å². The molecule has 4 nitrogen and oxygen atoms in total. The standard InChI is InChI=1S/C15H20N2O2/c1-17-8-6-15(7-9-17)10-13(16-11-18)12-4-2-3-5-14(12)19-15/h2-5,11,13H,6-10H2,1H3,(H,16,18)/t13-/m0/s1. The number of piperidine rings is 1. The summed E-state index contributed by atoms with van der Waals surface area (Å²) in [5, 5.41) is 2.95. The van der Waals surface area contributed by atoms with Crippen LogP contribution in [0.4, 0.5) is 0 Å². The zero-order valence-electron chi connectivity index (χ0n) is 11.3. The zero-order valence-corrected chi connectivity index (χ0v) is 11.3. The highest BCUT2D eigenvalue weighted by molar-refractivity contribution is 5.50. The average Bonchev–Trinajstić information content (AvgIpc) is 2.43. The Morgan fingerprint density at radius 2 is 2.11 bits per heavy atom. The second-order valence-electron chi connectivity index (χ2n) is 5.67. The second kappa shape index (κ2) is 4.85. The molecular weight excluding hydrogens is 240 g/mol. The topological polar surface area (TPSA) is 41.6 Å². The lowest BCUT2D eigenvalue weighted by atomic mass is 9.81. The van der Waals surface area contributed by atoms with Gasteiger partial charge in [0, 0.05) is 25.1 Å². The molecule has 3 rings (SSSR count). The van der Waals surface area contributed by atoms with Gasteiger partial charge in [0.15, 0.2) is 0 Å². The van der Waals surface area contributed by atoms with E-state index in [0.29, 0.717) is 0 Å². The minimum Gasteiger partial charge on any atom is -0.487 e. The maximum atomic E-state index is 10.8. The molecule has 1 aromatic rings. The number of carbonyl (C=O) groups excluding carboxylic acids is 1. The number of rotatable bonds is 2. The molecule has 102 valence electrons. The van der Waals surface area contributed by atoms with Crippen LogP contribution in [-0.2, 0) is 4.79 Å². The Morgan fingerprint density at radius 3 is 2.84 bits per heavy atom. The molecule has 1 aromatic carbocycles. The van der Waals surface area contributed by atoms with E-state index >= 15 is 0 Å². The average molecular weight is 260 g/mol. The fourth-order valence-electron chi connectivity index (χ4n) is 3.18. The van der Waals surface area contributed by atoms with Crippen molar-refractivity contribution >= 4 is 6.41 Å². The largest absolute Gasteiger partial charge is 0.487 e. The molecule has 0 aliphatic carbocycles. The Labute approximate surface area is 113 Å². The summed E-state index contributed by atoms with van der Waals surface area (Å²) in [6, 6.07) is 8.11. The number of nitrogens with zero attached hydrogens (tertiary/aromatic N) is 1. The molecular formula is C15H20N2O2. The van der Waals surface area contributed by atoms with Gasteiger partial charge in [0.25, 0.3) is 0 Å². The Balaban J connectivity index is 1.90. The first-order chi connectivity index (χ1) is 9.22. The molecule has 0 radical (unpaired) electrons. The monoisotopic (exact) mass is 260 g/mol. The van der Waals surface area contributed by atoms with Gasteiger partial charge >= 0.3 is 0 Å². The molecule has 1 saturated heterocycles. The number of fused-ring (bicyclic) bond motifs is 1. The van der Waals surface area contributed by atoms with Crippen molar-refractivity contribution in [2.24, 2.45) is 0 Å². The van der Waals surface area contributed by atoms with Crippen molar-refractivity contribution in [3.05, 3.63) is 29.8 Å². The number of carbonyl (C=O) groups is 1. The van der Waals surface area contributed by atoms with E-state index in [1.54, 1.807) is 0 Å². The predicted molar refractivity (Wildman–Crippen MR) is 73.1 cm³/mol. The SMILES string of the molecule is CN1CCC2(CC1)C[C@H](NC=O)c1ccccc1O2. The maximum Gasteiger partial charge on any atom is 0.207 e. The Bertz CT molecular complexity index is 467. The Morgan fingerprint density at radius 1 is 1.37 bits per heavy atom. The van der Waals surface area contributed by atoms with Crippen LogP contribution in [0.2, 0.25) is 0 Å². The van der Waals surface area contributed by atoms with E-state index < -0.39 is 0 Å². The second-order valence-corrected chi connectivity index (χ2v) is 5.67. The number of para-hydroxylation sites is 1. The molecule has 2 heterocycles. The molecule has 1 N–H and O–H groups in total. The summed E-state index contributed by atoms with van der Waals surface area (Å²) < 4.78 is 6.30. The molecule has 1 atom stereocenters. The van der Waals surface area contributed by atoms with Crippen LogP contribution in [0.5, 0.6) is 5.75 Å². The molecule has 0 bridgehead atoms. The third-order valence-electron chi connectivity index (χ3n) is 4.36. The van der Waals surface area contributed by atoms with Crippen LogP contribution in [0.15, 0.2) is 24.3 Å². The first kappa shape index (κ1) is 12.5. The van der Waals surface area contributed by atoms with Crippen molar-refractivity contribution in [1.29, 1.82) is 0 Å². The van der Waals surface area contributed by atoms with E-state index in [1.165, 1.54) is 0 Å². The summed E-state index contributed by atoms with van der Waals surface area (Å²) in [5.74, 6) is 0.928. The van der Waals surface area contributed by atoms with Crippen molar-refractivity contribution in [2.45, 2.75) is 30.9 Å². The van der Waals surface area contributed by atoms with Gasteiger partial charge in [0.2, 0.25) is 6.41 Å². The number of amides is 1. The Kier molecular flexibility index (Phi) is 3.19. The third-order valence-corrected chi connectivity index (χ3v) is 4.36. The van der Waals surface area contributed by atoms with Gasteiger partial charge < -0.3 is 15.0 Å². The van der Waals surface area contributed by atoms with Crippen molar-refractivity contribution in [1.82, 2.24) is 10.2 Å². The molecule has 1 fully saturated rings. The van der Waals surface area contributed by atoms with Crippen molar-refractivity contribution in [3.8, 4) is 5.75 Å². The molecule has 19 heavy (non-hydrogen) atoms. The van der Waals surface area contributed by atoms with Crippen LogP contribution in [0.25, 0.3) is 0 Å². The van der Waals surface area contributed by atoms with Gasteiger partial charge in [0.05, 0.1) is 6.04 Å². The number of benzene rings is 1. The lowest BCUT2D eigenvalue weighted by Gasteiger charge is -2.46. The highest BCUT2D eigenvalue weighted by Crippen LogP contribution is 2.43. The van der Waals surface area contributed by atoms with Crippen LogP contribution >= 0.6 is 0 Å². The lowest BCUT2D eigenvalue weighted by Crippen LogP contribution is -2.51. The van der Waals surface area contributed by atoms with E-state index in [0.717, 1.165) is 50.1 Å². The summed E-state index contributed by atoms with van der Waals surface area (Å²) in [5.41, 5.74) is 0.987. The van der Waals surface area contributed by atoms with Crippen LogP contribution in [0.1, 0.15) is 30.9 Å². The summed E-state index contributed by atoms with van der Waals surface area (Å²) in [7, 11) is 2.14. The minimum absolute atomic E-state index is 0.0749. The molecule has 0 aromatic heterocycles. The fraction of sp³-hybridized carbons (Fsp3) is 0.533. The van der Waals surface area contributed by atoms with Crippen molar-refractivity contribution < 1.29 is 9.53 Å². The van der Waals surface area contributed by atoms with E-state index in [2.05, 4.69) is 17.3 Å². The molecule has 4 heteroatoms. The summed E-state index contributed by atoms with van der Waals surface area (Å²) in [6.07, 6.45) is 3.72. The summed E-state index contributed by atoms with van der Waals surface area (Å²) in [4.78, 5) is 13.2. The zero-order chi connectivity index (χ0) is 13.3. The van der Waals surface area contributed by atoms with Gasteiger partial charge in [-0.3, -0.25) is 4.79 Å². The Hall–Kier alpha value is -1.55. The normalized spacial score (nSPS) is 25.4. The molecule has 1 amide bonds. The lowest BCUT2D eigenvalue weighted by molar-refractivity contribution is -0.111. The van der Waals surface area contributed by atoms with Gasteiger partial charge in [-0.2, -0.15) is 0 Å². The van der Waals surface area contributed by atoms with E-state index in [9.17, 15) is 4.79 Å². The van der Waals surface area contributed by atoms with E-state index in [4.69, 9.17) is 4.74 Å². The predicted octanol–water partition coefficient (Wildman–Crippen LogP) is 1.72. The third kappa shape index (κ3) is 2.32. The van der Waals surface area contributed by atoms with E-state index in [1.807, 2.05) is 24.3 Å². The first-order valence-corrected chi connectivity index (χ1v) is 6.89. The van der Waals surface area contributed by atoms with Gasteiger partial charge in [-0.25, -0.2) is 0 Å². The first-order valence-electron chi connectivity index (χ1n) is 6.89. The van der Waals surface area contributed by atoms with Crippen LogP contribution in [0.3, 0.4) is 0 Å².